The summed E-state index contributed by atoms with van der Waals surface area (Å²) < 4.78 is 12.2. The molecule has 1 aliphatic heterocycles. The lowest BCUT2D eigenvalue weighted by molar-refractivity contribution is 0.0405. The molecule has 1 fully saturated rings. The van der Waals surface area contributed by atoms with Gasteiger partial charge >= 0.3 is 6.09 Å². The highest BCUT2D eigenvalue weighted by atomic mass is 16.5. The molecular weight excluding hydrogens is 420 g/mol. The van der Waals surface area contributed by atoms with Gasteiger partial charge in [0, 0.05) is 37.6 Å². The van der Waals surface area contributed by atoms with Crippen LogP contribution in [0.15, 0.2) is 65.6 Å². The van der Waals surface area contributed by atoms with Gasteiger partial charge in [-0.1, -0.05) is 18.2 Å². The van der Waals surface area contributed by atoms with Crippen LogP contribution in [0.2, 0.25) is 0 Å². The Morgan fingerprint density at radius 3 is 2.82 bits per heavy atom. The zero-order chi connectivity index (χ0) is 23.0. The maximum absolute atomic E-state index is 12.4. The highest BCUT2D eigenvalue weighted by Gasteiger charge is 2.16. The first-order valence-corrected chi connectivity index (χ1v) is 10.8. The van der Waals surface area contributed by atoms with Gasteiger partial charge in [-0.3, -0.25) is 10.1 Å². The SMILES string of the molecule is N#Cc1cccc(-n2ccc(=O)c(Cc3cccc(NC(=O)OCC4CCOCC4)c3)n2)c1. The Bertz CT molecular complexity index is 1230. The van der Waals surface area contributed by atoms with Crippen LogP contribution in [-0.4, -0.2) is 35.7 Å². The van der Waals surface area contributed by atoms with Crippen molar-refractivity contribution in [2.45, 2.75) is 19.3 Å². The highest BCUT2D eigenvalue weighted by Crippen LogP contribution is 2.17. The van der Waals surface area contributed by atoms with Gasteiger partial charge in [-0.25, -0.2) is 9.48 Å². The molecule has 1 saturated heterocycles. The minimum atomic E-state index is -0.504. The third kappa shape index (κ3) is 6.05. The maximum atomic E-state index is 12.4. The van der Waals surface area contributed by atoms with Gasteiger partial charge in [0.15, 0.2) is 0 Å². The van der Waals surface area contributed by atoms with Crippen molar-refractivity contribution in [1.29, 1.82) is 5.26 Å². The molecule has 2 heterocycles. The summed E-state index contributed by atoms with van der Waals surface area (Å²) in [5, 5.41) is 16.3. The fourth-order valence-electron chi connectivity index (χ4n) is 3.64. The molecule has 0 atom stereocenters. The molecule has 0 unspecified atom stereocenters. The number of hydrogen-bond acceptors (Lipinski definition) is 6. The van der Waals surface area contributed by atoms with E-state index in [1.165, 1.54) is 6.07 Å². The summed E-state index contributed by atoms with van der Waals surface area (Å²) in [6, 6.07) is 17.8. The number of hydrogen-bond donors (Lipinski definition) is 1. The molecule has 0 radical (unpaired) electrons. The molecule has 0 spiro atoms. The van der Waals surface area contributed by atoms with Crippen LogP contribution in [-0.2, 0) is 15.9 Å². The second-order valence-electron chi connectivity index (χ2n) is 7.89. The van der Waals surface area contributed by atoms with Crippen LogP contribution in [0.4, 0.5) is 10.5 Å². The molecule has 2 aromatic carbocycles. The summed E-state index contributed by atoms with van der Waals surface area (Å²) >= 11 is 0. The van der Waals surface area contributed by atoms with Crippen LogP contribution in [0.3, 0.4) is 0 Å². The monoisotopic (exact) mass is 444 g/mol. The number of anilines is 1. The van der Waals surface area contributed by atoms with E-state index in [9.17, 15) is 9.59 Å². The minimum absolute atomic E-state index is 0.183. The molecule has 33 heavy (non-hydrogen) atoms. The molecule has 8 heteroatoms. The van der Waals surface area contributed by atoms with Crippen molar-refractivity contribution < 1.29 is 14.3 Å². The lowest BCUT2D eigenvalue weighted by Crippen LogP contribution is -2.23. The molecule has 3 aromatic rings. The van der Waals surface area contributed by atoms with E-state index in [0.717, 1.165) is 18.4 Å². The third-order valence-corrected chi connectivity index (χ3v) is 5.46. The Hall–Kier alpha value is -3.96. The molecule has 1 aliphatic rings. The average Bonchev–Trinajstić information content (AvgIpc) is 2.85. The Morgan fingerprint density at radius 2 is 2.00 bits per heavy atom. The first-order chi connectivity index (χ1) is 16.1. The van der Waals surface area contributed by atoms with Crippen molar-refractivity contribution in [3.05, 3.63) is 87.8 Å². The zero-order valence-corrected chi connectivity index (χ0v) is 18.1. The number of carbonyl (C=O) groups excluding carboxylic acids is 1. The van der Waals surface area contributed by atoms with Gasteiger partial charge < -0.3 is 9.47 Å². The number of nitriles is 1. The first kappa shape index (κ1) is 22.2. The van der Waals surface area contributed by atoms with E-state index < -0.39 is 6.09 Å². The van der Waals surface area contributed by atoms with E-state index in [0.29, 0.717) is 54.8 Å². The molecule has 0 bridgehead atoms. The van der Waals surface area contributed by atoms with Gasteiger partial charge in [0.2, 0.25) is 5.43 Å². The number of amides is 1. The standard InChI is InChI=1S/C25H24N4O4/c26-16-20-4-2-6-22(14-20)29-10-7-24(30)23(28-29)15-19-3-1-5-21(13-19)27-25(31)33-17-18-8-11-32-12-9-18/h1-7,10,13-14,18H,8-9,11-12,15,17H2,(H,27,31). The smallest absolute Gasteiger partial charge is 0.411 e. The average molecular weight is 444 g/mol. The molecule has 0 saturated carbocycles. The summed E-state index contributed by atoms with van der Waals surface area (Å²) in [5.41, 5.74) is 2.79. The predicted octanol–water partition coefficient (Wildman–Crippen LogP) is 3.67. The number of nitrogens with zero attached hydrogens (tertiary/aromatic N) is 3. The summed E-state index contributed by atoms with van der Waals surface area (Å²) in [4.78, 5) is 24.6. The third-order valence-electron chi connectivity index (χ3n) is 5.46. The molecule has 168 valence electrons. The summed E-state index contributed by atoms with van der Waals surface area (Å²) in [6.45, 7) is 1.78. The fourth-order valence-corrected chi connectivity index (χ4v) is 3.64. The first-order valence-electron chi connectivity index (χ1n) is 10.8. The Balaban J connectivity index is 1.43. The molecule has 1 amide bonds. The second-order valence-corrected chi connectivity index (χ2v) is 7.89. The van der Waals surface area contributed by atoms with E-state index in [4.69, 9.17) is 14.7 Å². The maximum Gasteiger partial charge on any atom is 0.411 e. The van der Waals surface area contributed by atoms with E-state index in [-0.39, 0.29) is 5.43 Å². The summed E-state index contributed by atoms with van der Waals surface area (Å²) in [5.74, 6) is 0.330. The van der Waals surface area contributed by atoms with Gasteiger partial charge in [0.25, 0.3) is 0 Å². The predicted molar refractivity (Wildman–Crippen MR) is 122 cm³/mol. The zero-order valence-electron chi connectivity index (χ0n) is 18.1. The van der Waals surface area contributed by atoms with Crippen molar-refractivity contribution >= 4 is 11.8 Å². The largest absolute Gasteiger partial charge is 0.449 e. The number of benzene rings is 2. The number of aromatic nitrogens is 2. The molecule has 8 nitrogen and oxygen atoms in total. The van der Waals surface area contributed by atoms with Gasteiger partial charge in [0.05, 0.1) is 23.9 Å². The van der Waals surface area contributed by atoms with Crippen molar-refractivity contribution in [3.63, 3.8) is 0 Å². The van der Waals surface area contributed by atoms with E-state index in [1.807, 2.05) is 12.1 Å². The highest BCUT2D eigenvalue weighted by molar-refractivity contribution is 5.84. The summed E-state index contributed by atoms with van der Waals surface area (Å²) in [7, 11) is 0. The van der Waals surface area contributed by atoms with Crippen LogP contribution in [0, 0.1) is 17.2 Å². The van der Waals surface area contributed by atoms with Crippen molar-refractivity contribution in [2.24, 2.45) is 5.92 Å². The molecule has 1 aromatic heterocycles. The Morgan fingerprint density at radius 1 is 1.18 bits per heavy atom. The number of ether oxygens (including phenoxy) is 2. The minimum Gasteiger partial charge on any atom is -0.449 e. The molecule has 1 N–H and O–H groups in total. The summed E-state index contributed by atoms with van der Waals surface area (Å²) in [6.07, 6.45) is 3.16. The van der Waals surface area contributed by atoms with Crippen molar-refractivity contribution in [2.75, 3.05) is 25.1 Å². The van der Waals surface area contributed by atoms with E-state index in [1.54, 1.807) is 47.3 Å². The van der Waals surface area contributed by atoms with Crippen LogP contribution >= 0.6 is 0 Å². The van der Waals surface area contributed by atoms with Crippen LogP contribution in [0.1, 0.15) is 29.7 Å². The van der Waals surface area contributed by atoms with Gasteiger partial charge in [-0.15, -0.1) is 0 Å². The van der Waals surface area contributed by atoms with Crippen molar-refractivity contribution in [3.8, 4) is 11.8 Å². The normalized spacial score (nSPS) is 13.8. The van der Waals surface area contributed by atoms with E-state index >= 15 is 0 Å². The van der Waals surface area contributed by atoms with Crippen LogP contribution < -0.4 is 10.7 Å². The quantitative estimate of drug-likeness (QED) is 0.622. The topological polar surface area (TPSA) is 106 Å². The number of rotatable bonds is 6. The van der Waals surface area contributed by atoms with Crippen molar-refractivity contribution in [1.82, 2.24) is 9.78 Å². The number of carbonyl (C=O) groups is 1. The molecule has 0 aliphatic carbocycles. The Kier molecular flexibility index (Phi) is 7.12. The van der Waals surface area contributed by atoms with Gasteiger partial charge in [-0.05, 0) is 54.7 Å². The van der Waals surface area contributed by atoms with E-state index in [2.05, 4.69) is 16.5 Å². The molecular formula is C25H24N4O4. The van der Waals surface area contributed by atoms with Crippen LogP contribution in [0.5, 0.6) is 0 Å². The molecule has 4 rings (SSSR count). The number of nitrogens with one attached hydrogen (secondary N) is 1. The lowest BCUT2D eigenvalue weighted by Gasteiger charge is -2.21. The Labute approximate surface area is 191 Å². The van der Waals surface area contributed by atoms with Gasteiger partial charge in [0.1, 0.15) is 5.69 Å². The fraction of sp³-hybridized carbons (Fsp3) is 0.280. The lowest BCUT2D eigenvalue weighted by atomic mass is 10.0. The van der Waals surface area contributed by atoms with Gasteiger partial charge in [-0.2, -0.15) is 10.4 Å². The van der Waals surface area contributed by atoms with Crippen LogP contribution in [0.25, 0.3) is 5.69 Å². The second kappa shape index (κ2) is 10.6.